The molecule has 1 amide bonds. The molecular weight excluding hydrogens is 409 g/mol. The number of anilines is 2. The van der Waals surface area contributed by atoms with Gasteiger partial charge in [-0.2, -0.15) is 0 Å². The normalized spacial score (nSPS) is 9.62. The molecule has 2 aromatic carbocycles. The van der Waals surface area contributed by atoms with Gasteiger partial charge >= 0.3 is 0 Å². The van der Waals surface area contributed by atoms with Gasteiger partial charge in [-0.25, -0.2) is 4.39 Å². The number of amides is 1. The van der Waals surface area contributed by atoms with Crippen LogP contribution in [0.3, 0.4) is 0 Å². The smallest absolute Gasteiger partial charge is 0.252 e. The van der Waals surface area contributed by atoms with E-state index in [1.54, 1.807) is 20.1 Å². The molecule has 6 nitrogen and oxygen atoms in total. The molecule has 1 aromatic heterocycles. The summed E-state index contributed by atoms with van der Waals surface area (Å²) in [6.07, 6.45) is 0. The number of carbonyl (C=O) groups excluding carboxylic acids is 1. The van der Waals surface area contributed by atoms with Gasteiger partial charge in [0.05, 0.1) is 18.4 Å². The number of nitrogens with zero attached hydrogens (tertiary/aromatic N) is 1. The predicted molar refractivity (Wildman–Crippen MR) is 128 cm³/mol. The number of carbonyl (C=O) groups is 1. The van der Waals surface area contributed by atoms with Crippen LogP contribution in [0.5, 0.6) is 5.75 Å². The molecule has 0 saturated heterocycles. The number of nitrogens with one attached hydrogen (secondary N) is 1. The van der Waals surface area contributed by atoms with Crippen LogP contribution in [0.25, 0.3) is 0 Å². The highest BCUT2D eigenvalue weighted by Gasteiger charge is 2.14. The van der Waals surface area contributed by atoms with Gasteiger partial charge in [0.25, 0.3) is 11.5 Å². The molecule has 0 aliphatic heterocycles. The van der Waals surface area contributed by atoms with E-state index >= 15 is 0 Å². The summed E-state index contributed by atoms with van der Waals surface area (Å²) in [7, 11) is 3.17. The summed E-state index contributed by atoms with van der Waals surface area (Å²) in [5, 5.41) is 2.75. The minimum Gasteiger partial charge on any atom is -0.496 e. The number of hydrogen-bond acceptors (Lipinski definition) is 4. The summed E-state index contributed by atoms with van der Waals surface area (Å²) < 4.78 is 20.1. The summed E-state index contributed by atoms with van der Waals surface area (Å²) in [5.74, 6) is -0.0503. The molecule has 172 valence electrons. The van der Waals surface area contributed by atoms with Crippen LogP contribution in [0, 0.1) is 26.6 Å². The van der Waals surface area contributed by atoms with Gasteiger partial charge in [0.15, 0.2) is 0 Å². The summed E-state index contributed by atoms with van der Waals surface area (Å²) in [6.45, 7) is 9.89. The van der Waals surface area contributed by atoms with Crippen LogP contribution in [0.4, 0.5) is 15.9 Å². The molecule has 0 atom stereocenters. The molecule has 0 aliphatic carbocycles. The van der Waals surface area contributed by atoms with Gasteiger partial charge < -0.3 is 15.8 Å². The zero-order valence-corrected chi connectivity index (χ0v) is 19.7. The fourth-order valence-corrected chi connectivity index (χ4v) is 2.86. The lowest BCUT2D eigenvalue weighted by Crippen LogP contribution is -2.24. The molecule has 32 heavy (non-hydrogen) atoms. The lowest BCUT2D eigenvalue weighted by atomic mass is 10.1. The second kappa shape index (κ2) is 12.3. The Morgan fingerprint density at radius 3 is 2.12 bits per heavy atom. The van der Waals surface area contributed by atoms with Crippen LogP contribution in [-0.2, 0) is 7.05 Å². The third-order valence-electron chi connectivity index (χ3n) is 4.51. The van der Waals surface area contributed by atoms with Crippen molar-refractivity contribution in [1.29, 1.82) is 0 Å². The fraction of sp³-hybridized carbons (Fsp3) is 0.280. The Hall–Kier alpha value is -3.61. The van der Waals surface area contributed by atoms with Crippen molar-refractivity contribution in [2.75, 3.05) is 12.4 Å². The number of primary amides is 1. The van der Waals surface area contributed by atoms with E-state index in [4.69, 9.17) is 10.5 Å². The number of halogens is 1. The number of rotatable bonds is 4. The minimum absolute atomic E-state index is 0.118. The summed E-state index contributed by atoms with van der Waals surface area (Å²) in [5.41, 5.74) is 8.46. The molecule has 1 heterocycles. The molecule has 0 spiro atoms. The predicted octanol–water partition coefficient (Wildman–Crippen LogP) is 5.01. The molecule has 0 unspecified atom stereocenters. The van der Waals surface area contributed by atoms with Crippen LogP contribution in [-0.4, -0.2) is 17.6 Å². The van der Waals surface area contributed by atoms with Crippen LogP contribution in [0.1, 0.15) is 40.9 Å². The Morgan fingerprint density at radius 2 is 1.59 bits per heavy atom. The standard InChI is InChI=1S/C14H14FN3O2.C9H12O.C2H6/c1-8-3-5-11(10(15)7-8)17-14-9(13(16)20)4-6-12(19)18(14)2;1-7-4-5-9(10-3)8(2)6-7;1-2/h3-7,17H,1-2H3,(H2,16,20);4-6H,1-3H3;1-2H3. The molecule has 7 heteroatoms. The monoisotopic (exact) mass is 441 g/mol. The van der Waals surface area contributed by atoms with Crippen LogP contribution < -0.4 is 21.3 Å². The van der Waals surface area contributed by atoms with Crippen molar-refractivity contribution in [1.82, 2.24) is 4.57 Å². The molecule has 0 saturated carbocycles. The molecule has 3 N–H and O–H groups in total. The minimum atomic E-state index is -0.699. The average molecular weight is 442 g/mol. The van der Waals surface area contributed by atoms with Gasteiger partial charge in [0.1, 0.15) is 17.4 Å². The molecule has 0 fully saturated rings. The molecule has 3 aromatic rings. The van der Waals surface area contributed by atoms with E-state index in [0.29, 0.717) is 0 Å². The molecule has 0 bridgehead atoms. The van der Waals surface area contributed by atoms with Crippen molar-refractivity contribution in [2.24, 2.45) is 12.8 Å². The van der Waals surface area contributed by atoms with Gasteiger partial charge in [-0.1, -0.05) is 37.6 Å². The Kier molecular flexibility index (Phi) is 10.2. The first-order valence-corrected chi connectivity index (χ1v) is 10.3. The molecule has 0 aliphatic rings. The van der Waals surface area contributed by atoms with Gasteiger partial charge in [-0.3, -0.25) is 14.2 Å². The van der Waals surface area contributed by atoms with E-state index in [1.807, 2.05) is 32.9 Å². The number of nitrogens with two attached hydrogens (primary N) is 1. The lowest BCUT2D eigenvalue weighted by Gasteiger charge is -2.14. The first-order chi connectivity index (χ1) is 15.1. The van der Waals surface area contributed by atoms with Crippen molar-refractivity contribution in [2.45, 2.75) is 34.6 Å². The van der Waals surface area contributed by atoms with Crippen LogP contribution >= 0.6 is 0 Å². The summed E-state index contributed by atoms with van der Waals surface area (Å²) >= 11 is 0. The number of hydrogen-bond donors (Lipinski definition) is 2. The van der Waals surface area contributed by atoms with Crippen molar-refractivity contribution < 1.29 is 13.9 Å². The largest absolute Gasteiger partial charge is 0.496 e. The first-order valence-electron chi connectivity index (χ1n) is 10.3. The quantitative estimate of drug-likeness (QED) is 0.596. The van der Waals surface area contributed by atoms with Gasteiger partial charge in [-0.15, -0.1) is 0 Å². The van der Waals surface area contributed by atoms with Crippen molar-refractivity contribution in [3.63, 3.8) is 0 Å². The van der Waals surface area contributed by atoms with Gasteiger partial charge in [0.2, 0.25) is 0 Å². The Balaban J connectivity index is 0.000000358. The summed E-state index contributed by atoms with van der Waals surface area (Å²) in [6, 6.07) is 13.3. The van der Waals surface area contributed by atoms with E-state index in [0.717, 1.165) is 11.3 Å². The second-order valence-electron chi connectivity index (χ2n) is 6.94. The van der Waals surface area contributed by atoms with Gasteiger partial charge in [-0.05, 0) is 56.2 Å². The number of aryl methyl sites for hydroxylation is 3. The average Bonchev–Trinajstić information content (AvgIpc) is 2.75. The molecule has 0 radical (unpaired) electrons. The lowest BCUT2D eigenvalue weighted by molar-refractivity contribution is 0.100. The van der Waals surface area contributed by atoms with Crippen LogP contribution in [0.2, 0.25) is 0 Å². The summed E-state index contributed by atoms with van der Waals surface area (Å²) in [4.78, 5) is 23.0. The number of aromatic nitrogens is 1. The van der Waals surface area contributed by atoms with Crippen molar-refractivity contribution >= 4 is 17.4 Å². The van der Waals surface area contributed by atoms with E-state index in [-0.39, 0.29) is 22.6 Å². The van der Waals surface area contributed by atoms with Crippen molar-refractivity contribution in [3.05, 3.63) is 87.0 Å². The maximum Gasteiger partial charge on any atom is 0.252 e. The Labute approximate surface area is 188 Å². The number of ether oxygens (including phenoxy) is 1. The fourth-order valence-electron chi connectivity index (χ4n) is 2.86. The Bertz CT molecular complexity index is 1120. The van der Waals surface area contributed by atoms with E-state index in [9.17, 15) is 14.0 Å². The van der Waals surface area contributed by atoms with Crippen LogP contribution in [0.15, 0.2) is 53.3 Å². The maximum atomic E-state index is 13.8. The highest BCUT2D eigenvalue weighted by molar-refractivity contribution is 5.98. The maximum absolute atomic E-state index is 13.8. The molecule has 3 rings (SSSR count). The third kappa shape index (κ3) is 6.97. The first kappa shape index (κ1) is 26.4. The highest BCUT2D eigenvalue weighted by atomic mass is 19.1. The van der Waals surface area contributed by atoms with E-state index in [2.05, 4.69) is 18.3 Å². The zero-order chi connectivity index (χ0) is 24.4. The number of pyridine rings is 1. The second-order valence-corrected chi connectivity index (χ2v) is 6.94. The number of benzene rings is 2. The van der Waals surface area contributed by atoms with Crippen molar-refractivity contribution in [3.8, 4) is 5.75 Å². The SMILES string of the molecule is CC.COc1ccc(C)cc1C.Cc1ccc(Nc2c(C(N)=O)ccc(=O)n2C)c(F)c1. The topological polar surface area (TPSA) is 86.3 Å². The van der Waals surface area contributed by atoms with Gasteiger partial charge in [0, 0.05) is 13.1 Å². The number of methoxy groups -OCH3 is 1. The van der Waals surface area contributed by atoms with E-state index in [1.165, 1.54) is 47.0 Å². The zero-order valence-electron chi connectivity index (χ0n) is 19.7. The highest BCUT2D eigenvalue weighted by Crippen LogP contribution is 2.22. The van der Waals surface area contributed by atoms with E-state index < -0.39 is 11.7 Å². The molecular formula is C25H32FN3O3. The third-order valence-corrected chi connectivity index (χ3v) is 4.51. The Morgan fingerprint density at radius 1 is 1.00 bits per heavy atom.